The molecule has 0 aliphatic heterocycles. The lowest BCUT2D eigenvalue weighted by atomic mass is 9.87. The number of aryl methyl sites for hydroxylation is 1. The van der Waals surface area contributed by atoms with Crippen LogP contribution in [0.15, 0.2) is 30.6 Å². The summed E-state index contributed by atoms with van der Waals surface area (Å²) in [4.78, 5) is 18.2. The molecule has 9 heteroatoms. The summed E-state index contributed by atoms with van der Waals surface area (Å²) in [6.07, 6.45) is 3.92. The lowest BCUT2D eigenvalue weighted by Gasteiger charge is -2.36. The number of halogens is 2. The summed E-state index contributed by atoms with van der Waals surface area (Å²) in [5, 5.41) is 6.73. The van der Waals surface area contributed by atoms with E-state index < -0.39 is 23.9 Å². The van der Waals surface area contributed by atoms with Crippen molar-refractivity contribution in [2.75, 3.05) is 0 Å². The number of nitrogens with one attached hydrogen (secondary N) is 1. The molecule has 1 aliphatic carbocycles. The molecule has 0 spiro atoms. The van der Waals surface area contributed by atoms with Gasteiger partial charge in [-0.1, -0.05) is 0 Å². The molecule has 1 unspecified atom stereocenters. The summed E-state index contributed by atoms with van der Waals surface area (Å²) >= 11 is 1.25. The maximum atomic E-state index is 14.2. The van der Waals surface area contributed by atoms with Crippen LogP contribution in [0.2, 0.25) is 0 Å². The van der Waals surface area contributed by atoms with Crippen LogP contribution < -0.4 is 11.1 Å². The van der Waals surface area contributed by atoms with Crippen molar-refractivity contribution in [2.45, 2.75) is 44.2 Å². The van der Waals surface area contributed by atoms with Gasteiger partial charge in [-0.15, -0.1) is 11.3 Å². The summed E-state index contributed by atoms with van der Waals surface area (Å²) in [6, 6.07) is 3.22. The monoisotopic (exact) mass is 391 g/mol. The molecule has 0 bridgehead atoms. The smallest absolute Gasteiger partial charge is 0.269 e. The minimum Gasteiger partial charge on any atom is -0.341 e. The lowest BCUT2D eigenvalue weighted by molar-refractivity contribution is -0.0674. The number of nitrogens with two attached hydrogens (primary N) is 1. The predicted molar refractivity (Wildman–Crippen MR) is 99.1 cm³/mol. The fraction of sp³-hybridized carbons (Fsp3) is 0.389. The van der Waals surface area contributed by atoms with Gasteiger partial charge in [0.25, 0.3) is 11.8 Å². The van der Waals surface area contributed by atoms with E-state index in [0.29, 0.717) is 23.4 Å². The van der Waals surface area contributed by atoms with Gasteiger partial charge in [-0.3, -0.25) is 4.79 Å². The average molecular weight is 391 g/mol. The Hall–Kier alpha value is -2.39. The average Bonchev–Trinajstić information content (AvgIpc) is 3.21. The van der Waals surface area contributed by atoms with Crippen LogP contribution in [0.25, 0.3) is 16.9 Å². The van der Waals surface area contributed by atoms with Crippen molar-refractivity contribution in [1.82, 2.24) is 19.9 Å². The molecule has 142 valence electrons. The highest BCUT2D eigenvalue weighted by Crippen LogP contribution is 2.34. The number of hydrogen-bond acceptors (Lipinski definition) is 5. The fourth-order valence-electron chi connectivity index (χ4n) is 3.50. The van der Waals surface area contributed by atoms with Crippen molar-refractivity contribution >= 4 is 22.9 Å². The number of alkyl halides is 2. The van der Waals surface area contributed by atoms with Crippen molar-refractivity contribution in [1.29, 1.82) is 0 Å². The Morgan fingerprint density at radius 2 is 2.30 bits per heavy atom. The van der Waals surface area contributed by atoms with Gasteiger partial charge in [-0.25, -0.2) is 18.3 Å². The Bertz CT molecular complexity index is 999. The van der Waals surface area contributed by atoms with Crippen LogP contribution in [-0.4, -0.2) is 38.5 Å². The normalized spacial score (nSPS) is 22.1. The van der Waals surface area contributed by atoms with Gasteiger partial charge in [0, 0.05) is 29.1 Å². The fourth-order valence-corrected chi connectivity index (χ4v) is 4.43. The standard InChI is InChI=1S/C18H19F2N5OS/c1-10-11(13-9-22-15-5-3-7-23-25(13)15)8-14(27-10)17(26)24-16-12(21)4-2-6-18(16,19)20/h3,5,7-9,12,16H,2,4,6,21H2,1H3,(H,24,26)/t12-,16?/m0/s1. The molecule has 1 fully saturated rings. The molecular weight excluding hydrogens is 372 g/mol. The Morgan fingerprint density at radius 1 is 1.48 bits per heavy atom. The number of hydrogen-bond donors (Lipinski definition) is 2. The zero-order valence-electron chi connectivity index (χ0n) is 14.7. The molecule has 3 heterocycles. The van der Waals surface area contributed by atoms with Gasteiger partial charge in [0.15, 0.2) is 5.65 Å². The molecule has 0 aromatic carbocycles. The highest BCUT2D eigenvalue weighted by molar-refractivity contribution is 7.14. The minimum atomic E-state index is -2.99. The van der Waals surface area contributed by atoms with Crippen LogP contribution in [0.1, 0.15) is 33.8 Å². The predicted octanol–water partition coefficient (Wildman–Crippen LogP) is 3.01. The number of aromatic nitrogens is 3. The van der Waals surface area contributed by atoms with Gasteiger partial charge in [0.1, 0.15) is 6.04 Å². The zero-order chi connectivity index (χ0) is 19.2. The van der Waals surface area contributed by atoms with E-state index in [4.69, 9.17) is 5.73 Å². The van der Waals surface area contributed by atoms with E-state index in [9.17, 15) is 13.6 Å². The van der Waals surface area contributed by atoms with Crippen molar-refractivity contribution in [3.05, 3.63) is 40.3 Å². The summed E-state index contributed by atoms with van der Waals surface area (Å²) in [5.41, 5.74) is 8.09. The largest absolute Gasteiger partial charge is 0.341 e. The van der Waals surface area contributed by atoms with E-state index in [1.807, 2.05) is 13.0 Å². The number of carbonyl (C=O) groups excluding carboxylic acids is 1. The molecule has 1 amide bonds. The molecule has 1 saturated carbocycles. The SMILES string of the molecule is Cc1sc(C(=O)NC2[C@@H](N)CCCC2(F)F)cc1-c1cnc2cccnn12. The van der Waals surface area contributed by atoms with Gasteiger partial charge in [0.05, 0.1) is 16.8 Å². The van der Waals surface area contributed by atoms with Crippen LogP contribution >= 0.6 is 11.3 Å². The molecule has 3 aromatic rings. The molecular formula is C18H19F2N5OS. The van der Waals surface area contributed by atoms with Gasteiger partial charge in [-0.2, -0.15) is 5.10 Å². The van der Waals surface area contributed by atoms with E-state index in [0.717, 1.165) is 16.1 Å². The molecule has 4 rings (SSSR count). The highest BCUT2D eigenvalue weighted by Gasteiger charge is 2.46. The zero-order valence-corrected chi connectivity index (χ0v) is 15.5. The molecule has 27 heavy (non-hydrogen) atoms. The van der Waals surface area contributed by atoms with E-state index >= 15 is 0 Å². The van der Waals surface area contributed by atoms with Crippen molar-refractivity contribution < 1.29 is 13.6 Å². The number of amides is 1. The topological polar surface area (TPSA) is 85.3 Å². The maximum absolute atomic E-state index is 14.2. The number of carbonyl (C=O) groups is 1. The second-order valence-electron chi connectivity index (χ2n) is 6.79. The molecule has 3 N–H and O–H groups in total. The Kier molecular flexibility index (Phi) is 4.43. The Balaban J connectivity index is 1.62. The number of fused-ring (bicyclic) bond motifs is 1. The molecule has 0 radical (unpaired) electrons. The molecule has 2 atom stereocenters. The molecule has 3 aromatic heterocycles. The number of thiophene rings is 1. The van der Waals surface area contributed by atoms with Crippen LogP contribution in [0.4, 0.5) is 8.78 Å². The van der Waals surface area contributed by atoms with Crippen LogP contribution in [0.3, 0.4) is 0 Å². The van der Waals surface area contributed by atoms with Gasteiger partial charge < -0.3 is 11.1 Å². The highest BCUT2D eigenvalue weighted by atomic mass is 32.1. The maximum Gasteiger partial charge on any atom is 0.269 e. The first-order chi connectivity index (χ1) is 12.9. The van der Waals surface area contributed by atoms with Gasteiger partial charge >= 0.3 is 0 Å². The summed E-state index contributed by atoms with van der Waals surface area (Å²) in [5.74, 6) is -3.52. The summed E-state index contributed by atoms with van der Waals surface area (Å²) in [6.45, 7) is 1.88. The third kappa shape index (κ3) is 3.21. The van der Waals surface area contributed by atoms with E-state index in [1.54, 1.807) is 29.0 Å². The second kappa shape index (κ2) is 6.65. The molecule has 1 aliphatic rings. The minimum absolute atomic E-state index is 0.256. The third-order valence-electron chi connectivity index (χ3n) is 4.91. The van der Waals surface area contributed by atoms with Crippen LogP contribution in [0, 0.1) is 6.92 Å². The quantitative estimate of drug-likeness (QED) is 0.719. The first-order valence-electron chi connectivity index (χ1n) is 8.70. The first-order valence-corrected chi connectivity index (χ1v) is 9.52. The number of rotatable bonds is 3. The molecule has 6 nitrogen and oxygen atoms in total. The lowest BCUT2D eigenvalue weighted by Crippen LogP contribution is -2.59. The van der Waals surface area contributed by atoms with E-state index in [2.05, 4.69) is 15.4 Å². The number of nitrogens with zero attached hydrogens (tertiary/aromatic N) is 3. The summed E-state index contributed by atoms with van der Waals surface area (Å²) in [7, 11) is 0. The van der Waals surface area contributed by atoms with E-state index in [-0.39, 0.29) is 6.42 Å². The van der Waals surface area contributed by atoms with Crippen LogP contribution in [0.5, 0.6) is 0 Å². The van der Waals surface area contributed by atoms with Crippen molar-refractivity contribution in [3.8, 4) is 11.3 Å². The van der Waals surface area contributed by atoms with Gasteiger partial charge in [-0.05, 0) is 38.0 Å². The molecule has 0 saturated heterocycles. The van der Waals surface area contributed by atoms with E-state index in [1.165, 1.54) is 11.3 Å². The first kappa shape index (κ1) is 18.0. The number of imidazole rings is 1. The second-order valence-corrected chi connectivity index (χ2v) is 8.04. The Morgan fingerprint density at radius 3 is 3.07 bits per heavy atom. The van der Waals surface area contributed by atoms with Crippen molar-refractivity contribution in [3.63, 3.8) is 0 Å². The summed E-state index contributed by atoms with van der Waals surface area (Å²) < 4.78 is 30.0. The third-order valence-corrected chi connectivity index (χ3v) is 5.96. The Labute approximate surface area is 158 Å². The van der Waals surface area contributed by atoms with Gasteiger partial charge in [0.2, 0.25) is 0 Å². The van der Waals surface area contributed by atoms with Crippen LogP contribution in [-0.2, 0) is 0 Å². The van der Waals surface area contributed by atoms with Crippen molar-refractivity contribution in [2.24, 2.45) is 5.73 Å².